The highest BCUT2D eigenvalue weighted by molar-refractivity contribution is 7.93. The zero-order valence-corrected chi connectivity index (χ0v) is 26.8. The summed E-state index contributed by atoms with van der Waals surface area (Å²) in [6, 6.07) is 8.54. The van der Waals surface area contributed by atoms with Gasteiger partial charge in [0.15, 0.2) is 15.7 Å². The molecule has 1 heterocycles. The van der Waals surface area contributed by atoms with Crippen molar-refractivity contribution in [2.45, 2.75) is 68.5 Å². The SMILES string of the molecule is CN(CCCS(=O)(=O)C1(C2CC(C(F)(F)C(F)(F)F)=NN2c2ccc(F)cc2F)C=CC=C(c2ccccc2)C1)C(=O)OC(C)(C)C. The van der Waals surface area contributed by atoms with Crippen LogP contribution in [0.15, 0.2) is 71.9 Å². The average molecular weight is 690 g/mol. The summed E-state index contributed by atoms with van der Waals surface area (Å²) in [7, 11) is -3.14. The smallest absolute Gasteiger partial charge is 0.444 e. The van der Waals surface area contributed by atoms with Gasteiger partial charge in [0.25, 0.3) is 0 Å². The number of allylic oxidation sites excluding steroid dienone is 3. The number of sulfone groups is 1. The molecule has 2 unspecified atom stereocenters. The fourth-order valence-corrected chi connectivity index (χ4v) is 7.64. The molecule has 0 fully saturated rings. The molecule has 2 aliphatic rings. The molecule has 2 atom stereocenters. The molecular formula is C32H34F7N3O4S. The Bertz CT molecular complexity index is 1690. The largest absolute Gasteiger partial charge is 0.459 e. The second-order valence-corrected chi connectivity index (χ2v) is 14.8. The maximum Gasteiger partial charge on any atom is 0.459 e. The van der Waals surface area contributed by atoms with Crippen molar-refractivity contribution in [1.29, 1.82) is 0 Å². The van der Waals surface area contributed by atoms with Gasteiger partial charge in [-0.25, -0.2) is 22.0 Å². The zero-order valence-electron chi connectivity index (χ0n) is 26.0. The van der Waals surface area contributed by atoms with Crippen LogP contribution in [-0.2, 0) is 14.6 Å². The molecule has 2 aromatic carbocycles. The van der Waals surface area contributed by atoms with Crippen LogP contribution in [0.5, 0.6) is 0 Å². The van der Waals surface area contributed by atoms with Crippen LogP contribution in [0, 0.1) is 11.6 Å². The molecule has 0 bridgehead atoms. The number of amides is 1. The molecule has 2 aromatic rings. The first-order valence-corrected chi connectivity index (χ1v) is 16.2. The van der Waals surface area contributed by atoms with E-state index >= 15 is 4.39 Å². The first-order chi connectivity index (χ1) is 21.7. The second-order valence-electron chi connectivity index (χ2n) is 12.4. The number of hydrazone groups is 1. The predicted molar refractivity (Wildman–Crippen MR) is 164 cm³/mol. The van der Waals surface area contributed by atoms with E-state index in [0.717, 1.165) is 17.0 Å². The molecule has 0 radical (unpaired) electrons. The average Bonchev–Trinajstić information content (AvgIpc) is 3.42. The third kappa shape index (κ3) is 7.49. The number of nitrogens with zero attached hydrogens (tertiary/aromatic N) is 3. The van der Waals surface area contributed by atoms with Gasteiger partial charge in [0.2, 0.25) is 0 Å². The minimum absolute atomic E-state index is 0.107. The highest BCUT2D eigenvalue weighted by Crippen LogP contribution is 2.48. The molecule has 0 spiro atoms. The van der Waals surface area contributed by atoms with Gasteiger partial charge in [-0.15, -0.1) is 0 Å². The lowest BCUT2D eigenvalue weighted by molar-refractivity contribution is -0.249. The first kappa shape index (κ1) is 36.0. The van der Waals surface area contributed by atoms with E-state index in [0.29, 0.717) is 22.2 Å². The van der Waals surface area contributed by atoms with E-state index in [2.05, 4.69) is 5.10 Å². The number of hydrogen-bond acceptors (Lipinski definition) is 6. The van der Waals surface area contributed by atoms with Gasteiger partial charge >= 0.3 is 18.2 Å². The van der Waals surface area contributed by atoms with E-state index in [9.17, 15) is 39.6 Å². The Kier molecular flexibility index (Phi) is 9.92. The molecule has 0 saturated carbocycles. The molecule has 7 nitrogen and oxygen atoms in total. The number of halogens is 7. The van der Waals surface area contributed by atoms with Crippen LogP contribution in [0.4, 0.5) is 41.2 Å². The number of rotatable bonds is 9. The van der Waals surface area contributed by atoms with E-state index in [-0.39, 0.29) is 13.0 Å². The molecule has 256 valence electrons. The van der Waals surface area contributed by atoms with Gasteiger partial charge in [-0.05, 0) is 56.9 Å². The molecule has 47 heavy (non-hydrogen) atoms. The van der Waals surface area contributed by atoms with Crippen molar-refractivity contribution >= 4 is 32.9 Å². The van der Waals surface area contributed by atoms with Crippen molar-refractivity contribution in [3.05, 3.63) is 84.0 Å². The minimum Gasteiger partial charge on any atom is -0.444 e. The lowest BCUT2D eigenvalue weighted by Gasteiger charge is -2.42. The topological polar surface area (TPSA) is 79.3 Å². The lowest BCUT2D eigenvalue weighted by atomic mass is 9.82. The number of anilines is 1. The van der Waals surface area contributed by atoms with Crippen LogP contribution < -0.4 is 5.01 Å². The summed E-state index contributed by atoms with van der Waals surface area (Å²) in [4.78, 5) is 13.6. The van der Waals surface area contributed by atoms with Crippen molar-refractivity contribution in [3.8, 4) is 0 Å². The molecule has 0 saturated heterocycles. The quantitative estimate of drug-likeness (QED) is 0.254. The third-order valence-electron chi connectivity index (χ3n) is 7.83. The predicted octanol–water partition coefficient (Wildman–Crippen LogP) is 7.55. The van der Waals surface area contributed by atoms with Gasteiger partial charge in [-0.1, -0.05) is 48.6 Å². The summed E-state index contributed by atoms with van der Waals surface area (Å²) in [6.45, 7) is 4.84. The van der Waals surface area contributed by atoms with Crippen LogP contribution in [0.1, 0.15) is 45.6 Å². The summed E-state index contributed by atoms with van der Waals surface area (Å²) in [5, 5.41) is 3.99. The number of benzene rings is 2. The highest BCUT2D eigenvalue weighted by atomic mass is 32.2. The van der Waals surface area contributed by atoms with E-state index in [1.165, 1.54) is 19.2 Å². The van der Waals surface area contributed by atoms with Gasteiger partial charge < -0.3 is 9.64 Å². The van der Waals surface area contributed by atoms with Gasteiger partial charge in [-0.3, -0.25) is 5.01 Å². The number of hydrogen-bond donors (Lipinski definition) is 0. The van der Waals surface area contributed by atoms with Crippen molar-refractivity contribution in [3.63, 3.8) is 0 Å². The second kappa shape index (κ2) is 13.0. The van der Waals surface area contributed by atoms with Crippen LogP contribution in [0.2, 0.25) is 0 Å². The van der Waals surface area contributed by atoms with Crippen molar-refractivity contribution in [1.82, 2.24) is 4.90 Å². The zero-order chi connectivity index (χ0) is 35.0. The van der Waals surface area contributed by atoms with E-state index in [1.807, 2.05) is 0 Å². The standard InChI is InChI=1S/C32H34F7N3O4S/c1-29(2,3)46-28(43)41(4)16-9-17-47(44,45)30(15-8-12-22(20-30)21-10-6-5-7-11-21)27-19-26(31(35,36)32(37,38)39)40-42(27)25-14-13-23(33)18-24(25)34/h5-8,10-15,18,27H,9,16-17,19-20H2,1-4H3. The summed E-state index contributed by atoms with van der Waals surface area (Å²) in [6.07, 6.45) is -4.47. The van der Waals surface area contributed by atoms with E-state index in [4.69, 9.17) is 4.74 Å². The fraction of sp³-hybridized carbons (Fsp3) is 0.438. The molecule has 1 aliphatic heterocycles. The first-order valence-electron chi connectivity index (χ1n) is 14.6. The molecule has 0 N–H and O–H groups in total. The highest BCUT2D eigenvalue weighted by Gasteiger charge is 2.65. The Morgan fingerprint density at radius 1 is 1.06 bits per heavy atom. The molecule has 4 rings (SSSR count). The summed E-state index contributed by atoms with van der Waals surface area (Å²) in [5.41, 5.74) is -2.26. The molecule has 1 amide bonds. The fourth-order valence-electron chi connectivity index (χ4n) is 5.49. The summed E-state index contributed by atoms with van der Waals surface area (Å²) >= 11 is 0. The van der Waals surface area contributed by atoms with Crippen molar-refractivity contribution < 1.29 is 48.7 Å². The van der Waals surface area contributed by atoms with Gasteiger partial charge in [0.1, 0.15) is 21.9 Å². The normalized spacial score (nSPS) is 20.6. The molecule has 0 aromatic heterocycles. The van der Waals surface area contributed by atoms with E-state index in [1.54, 1.807) is 57.2 Å². The van der Waals surface area contributed by atoms with E-state index < -0.39 is 86.0 Å². The van der Waals surface area contributed by atoms with Gasteiger partial charge in [-0.2, -0.15) is 27.1 Å². The third-order valence-corrected chi connectivity index (χ3v) is 10.4. The maximum absolute atomic E-state index is 15.2. The van der Waals surface area contributed by atoms with Crippen LogP contribution in [0.3, 0.4) is 0 Å². The Morgan fingerprint density at radius 3 is 2.32 bits per heavy atom. The number of alkyl halides is 5. The number of ether oxygens (including phenoxy) is 1. The van der Waals surface area contributed by atoms with Crippen molar-refractivity contribution in [2.24, 2.45) is 5.10 Å². The Hall–Kier alpha value is -3.88. The molecular weight excluding hydrogens is 655 g/mol. The van der Waals surface area contributed by atoms with Crippen molar-refractivity contribution in [2.75, 3.05) is 24.4 Å². The monoisotopic (exact) mass is 689 g/mol. The number of carbonyl (C=O) groups excluding carboxylic acids is 1. The van der Waals surface area contributed by atoms with Crippen LogP contribution in [0.25, 0.3) is 5.57 Å². The summed E-state index contributed by atoms with van der Waals surface area (Å²) < 4.78 is 131. The van der Waals surface area contributed by atoms with Gasteiger partial charge in [0, 0.05) is 26.1 Å². The maximum atomic E-state index is 15.2. The minimum atomic E-state index is -6.09. The Labute approximate surface area is 268 Å². The molecule has 1 aliphatic carbocycles. The van der Waals surface area contributed by atoms with Gasteiger partial charge in [0.05, 0.1) is 17.5 Å². The lowest BCUT2D eigenvalue weighted by Crippen LogP contribution is -2.55. The number of carbonyl (C=O) groups is 1. The van der Waals surface area contributed by atoms with Crippen LogP contribution in [-0.4, -0.2) is 73.0 Å². The van der Waals surface area contributed by atoms with Crippen LogP contribution >= 0.6 is 0 Å². The molecule has 15 heteroatoms. The Balaban J connectivity index is 1.81. The Morgan fingerprint density at radius 2 is 1.72 bits per heavy atom. The summed E-state index contributed by atoms with van der Waals surface area (Å²) in [5.74, 6) is -8.54.